The Morgan fingerprint density at radius 2 is 1.54 bits per heavy atom. The molecule has 0 aliphatic heterocycles. The molecule has 0 aromatic carbocycles. The number of ether oxygens (including phenoxy) is 3. The molecular weight excluding hydrogens is 326 g/mol. The largest absolute Gasteiger partial charge is 0.404 e. The van der Waals surface area contributed by atoms with Crippen molar-refractivity contribution < 1.29 is 23.1 Å². The Bertz CT molecular complexity index is 298. The van der Waals surface area contributed by atoms with Gasteiger partial charge in [0.05, 0.1) is 19.8 Å². The zero-order valence-electron chi connectivity index (χ0n) is 15.9. The molecule has 0 bridgehead atoms. The highest BCUT2D eigenvalue weighted by Gasteiger charge is 2.38. The summed E-state index contributed by atoms with van der Waals surface area (Å²) in [7, 11) is -0.320. The van der Waals surface area contributed by atoms with Crippen molar-refractivity contribution in [1.82, 2.24) is 0 Å². The fourth-order valence-corrected chi connectivity index (χ4v) is 4.90. The smallest absolute Gasteiger partial charge is 0.400 e. The highest BCUT2D eigenvalue weighted by atomic mass is 28.3. The van der Waals surface area contributed by atoms with E-state index in [-0.39, 0.29) is 6.04 Å². The molecule has 1 aliphatic carbocycles. The number of hydrogen-bond donors (Lipinski definition) is 1. The van der Waals surface area contributed by atoms with E-state index in [0.29, 0.717) is 25.7 Å². The predicted octanol–water partition coefficient (Wildman–Crippen LogP) is 2.89. The standard InChI is InChI=1S/C17H37NO5Si/c1-5-20-17(21-6-2,22-7-3)23-24(19-4)14-13-16(18)15-11-9-8-10-12-15/h15-16,24H,5-14,18H2,1-4H3. The summed E-state index contributed by atoms with van der Waals surface area (Å²) in [5, 5.41) is 0. The summed E-state index contributed by atoms with van der Waals surface area (Å²) in [6.07, 6.45) is 5.94. The molecule has 1 saturated carbocycles. The van der Waals surface area contributed by atoms with Gasteiger partial charge < -0.3 is 28.8 Å². The Hall–Kier alpha value is -0.0231. The fraction of sp³-hybridized carbons (Fsp3) is 1.00. The normalized spacial score (nSPS) is 19.4. The SMILES string of the molecule is CCOC(OCC)(OCC)O[SiH](CCC(N)C1CCCCC1)OC. The van der Waals surface area contributed by atoms with E-state index >= 15 is 0 Å². The summed E-state index contributed by atoms with van der Waals surface area (Å²) in [5.41, 5.74) is 6.41. The van der Waals surface area contributed by atoms with E-state index < -0.39 is 15.4 Å². The van der Waals surface area contributed by atoms with E-state index in [2.05, 4.69) is 0 Å². The van der Waals surface area contributed by atoms with Crippen LogP contribution in [0.25, 0.3) is 0 Å². The van der Waals surface area contributed by atoms with E-state index in [9.17, 15) is 0 Å². The Balaban J connectivity index is 2.55. The maximum Gasteiger partial charge on any atom is 0.404 e. The van der Waals surface area contributed by atoms with Gasteiger partial charge in [-0.05, 0) is 52.0 Å². The summed E-state index contributed by atoms with van der Waals surface area (Å²) in [4.78, 5) is 0. The quantitative estimate of drug-likeness (QED) is 0.401. The van der Waals surface area contributed by atoms with Gasteiger partial charge in [-0.15, -0.1) is 0 Å². The topological polar surface area (TPSA) is 72.2 Å². The van der Waals surface area contributed by atoms with E-state index in [4.69, 9.17) is 28.8 Å². The van der Waals surface area contributed by atoms with Crippen molar-refractivity contribution in [2.75, 3.05) is 26.9 Å². The third-order valence-corrected chi connectivity index (χ3v) is 6.38. The second-order valence-corrected chi connectivity index (χ2v) is 8.37. The van der Waals surface area contributed by atoms with Gasteiger partial charge in [-0.3, -0.25) is 0 Å². The van der Waals surface area contributed by atoms with Gasteiger partial charge in [0, 0.05) is 13.2 Å². The van der Waals surface area contributed by atoms with Crippen molar-refractivity contribution in [3.05, 3.63) is 0 Å². The third kappa shape index (κ3) is 7.47. The Morgan fingerprint density at radius 3 is 2.00 bits per heavy atom. The van der Waals surface area contributed by atoms with E-state index in [1.165, 1.54) is 32.1 Å². The Morgan fingerprint density at radius 1 is 1.00 bits per heavy atom. The molecule has 1 aliphatic rings. The molecule has 24 heavy (non-hydrogen) atoms. The minimum Gasteiger partial charge on any atom is -0.400 e. The number of nitrogens with two attached hydrogens (primary N) is 1. The second-order valence-electron chi connectivity index (χ2n) is 6.22. The maximum atomic E-state index is 6.41. The lowest BCUT2D eigenvalue weighted by Gasteiger charge is -2.34. The van der Waals surface area contributed by atoms with E-state index in [1.54, 1.807) is 7.11 Å². The zero-order chi connectivity index (χ0) is 17.8. The monoisotopic (exact) mass is 363 g/mol. The first-order valence-electron chi connectivity index (χ1n) is 9.48. The number of rotatable bonds is 13. The van der Waals surface area contributed by atoms with Crippen LogP contribution in [0.2, 0.25) is 6.04 Å². The predicted molar refractivity (Wildman–Crippen MR) is 96.8 cm³/mol. The maximum absolute atomic E-state index is 6.41. The lowest BCUT2D eigenvalue weighted by molar-refractivity contribution is -0.473. The molecule has 0 aromatic heterocycles. The first-order chi connectivity index (χ1) is 11.6. The van der Waals surface area contributed by atoms with Gasteiger partial charge in [0.15, 0.2) is 0 Å². The van der Waals surface area contributed by atoms with Gasteiger partial charge >= 0.3 is 15.4 Å². The van der Waals surface area contributed by atoms with E-state index in [1.807, 2.05) is 20.8 Å². The minimum atomic E-state index is -2.00. The van der Waals surface area contributed by atoms with Crippen LogP contribution in [0.1, 0.15) is 59.3 Å². The highest BCUT2D eigenvalue weighted by Crippen LogP contribution is 2.28. The first kappa shape index (κ1) is 22.0. The summed E-state index contributed by atoms with van der Waals surface area (Å²) in [6.45, 7) is 6.97. The molecular formula is C17H37NO5Si. The van der Waals surface area contributed by atoms with Crippen LogP contribution in [0.4, 0.5) is 0 Å². The molecule has 7 heteroatoms. The summed E-state index contributed by atoms with van der Waals surface area (Å²) in [6, 6.07) is 1.04. The van der Waals surface area contributed by atoms with Gasteiger partial charge in [0.25, 0.3) is 0 Å². The van der Waals surface area contributed by atoms with Crippen molar-refractivity contribution >= 4 is 9.28 Å². The van der Waals surface area contributed by atoms with Gasteiger partial charge in [-0.25, -0.2) is 0 Å². The molecule has 144 valence electrons. The molecule has 1 rings (SSSR count). The first-order valence-corrected chi connectivity index (χ1v) is 11.2. The van der Waals surface area contributed by atoms with Crippen molar-refractivity contribution in [1.29, 1.82) is 0 Å². The molecule has 0 radical (unpaired) electrons. The van der Waals surface area contributed by atoms with Crippen LogP contribution in [0.15, 0.2) is 0 Å². The summed E-state index contributed by atoms with van der Waals surface area (Å²) in [5.74, 6) is 0.640. The second kappa shape index (κ2) is 12.3. The molecule has 2 atom stereocenters. The van der Waals surface area contributed by atoms with Crippen LogP contribution < -0.4 is 5.73 Å². The lowest BCUT2D eigenvalue weighted by atomic mass is 9.83. The van der Waals surface area contributed by atoms with Gasteiger partial charge in [0.1, 0.15) is 0 Å². The number of hydrogen-bond acceptors (Lipinski definition) is 6. The third-order valence-electron chi connectivity index (χ3n) is 4.49. The molecule has 2 N–H and O–H groups in total. The van der Waals surface area contributed by atoms with Gasteiger partial charge in [-0.2, -0.15) is 0 Å². The van der Waals surface area contributed by atoms with Crippen LogP contribution >= 0.6 is 0 Å². The van der Waals surface area contributed by atoms with Gasteiger partial charge in [0.2, 0.25) is 0 Å². The highest BCUT2D eigenvalue weighted by molar-refractivity contribution is 6.44. The van der Waals surface area contributed by atoms with Crippen molar-refractivity contribution in [2.45, 2.75) is 77.5 Å². The van der Waals surface area contributed by atoms with Crippen molar-refractivity contribution in [3.63, 3.8) is 0 Å². The van der Waals surface area contributed by atoms with Crippen LogP contribution in [-0.4, -0.2) is 48.4 Å². The van der Waals surface area contributed by atoms with Crippen LogP contribution in [-0.2, 0) is 23.1 Å². The van der Waals surface area contributed by atoms with Crippen LogP contribution in [0.5, 0.6) is 0 Å². The molecule has 0 heterocycles. The molecule has 0 saturated heterocycles. The fourth-order valence-electron chi connectivity index (χ4n) is 3.27. The van der Waals surface area contributed by atoms with Gasteiger partial charge in [-0.1, -0.05) is 19.3 Å². The van der Waals surface area contributed by atoms with Crippen LogP contribution in [0.3, 0.4) is 0 Å². The molecule has 0 aromatic rings. The van der Waals surface area contributed by atoms with Crippen LogP contribution in [0, 0.1) is 5.92 Å². The summed E-state index contributed by atoms with van der Waals surface area (Å²) < 4.78 is 28.5. The van der Waals surface area contributed by atoms with E-state index in [0.717, 1.165) is 12.5 Å². The average Bonchev–Trinajstić information content (AvgIpc) is 2.59. The minimum absolute atomic E-state index is 0.222. The lowest BCUT2D eigenvalue weighted by Crippen LogP contribution is -2.47. The zero-order valence-corrected chi connectivity index (χ0v) is 17.1. The molecule has 1 fully saturated rings. The molecule has 6 nitrogen and oxygen atoms in total. The summed E-state index contributed by atoms with van der Waals surface area (Å²) >= 11 is 0. The Kier molecular flexibility index (Phi) is 11.3. The average molecular weight is 364 g/mol. The molecule has 0 amide bonds. The van der Waals surface area contributed by atoms with Crippen molar-refractivity contribution in [2.24, 2.45) is 11.7 Å². The Labute approximate surface area is 149 Å². The van der Waals surface area contributed by atoms with Crippen molar-refractivity contribution in [3.8, 4) is 0 Å². The molecule has 0 spiro atoms. The molecule has 2 unspecified atom stereocenters.